The SMILES string of the molecule is COC1=CC2C=C3C(=NC2C=C1)C=C(c1cccc(C)c1)N(c1ccccc1)C3CC(C)=O. The number of ketones is 1. The highest BCUT2D eigenvalue weighted by Gasteiger charge is 2.37. The number of ether oxygens (including phenoxy) is 1. The lowest BCUT2D eigenvalue weighted by atomic mass is 9.81. The lowest BCUT2D eigenvalue weighted by Gasteiger charge is -2.42. The highest BCUT2D eigenvalue weighted by atomic mass is 16.5. The molecule has 4 nitrogen and oxygen atoms in total. The van der Waals surface area contributed by atoms with Gasteiger partial charge in [-0.2, -0.15) is 0 Å². The van der Waals surface area contributed by atoms with Crippen molar-refractivity contribution in [2.75, 3.05) is 12.0 Å². The number of hydrogen-bond acceptors (Lipinski definition) is 4. The molecule has 0 N–H and O–H groups in total. The number of hydrogen-bond donors (Lipinski definition) is 0. The fourth-order valence-corrected chi connectivity index (χ4v) is 4.92. The van der Waals surface area contributed by atoms with Crippen LogP contribution in [0, 0.1) is 12.8 Å². The molecule has 0 amide bonds. The molecule has 3 atom stereocenters. The van der Waals surface area contributed by atoms with E-state index in [0.717, 1.165) is 34.0 Å². The number of anilines is 1. The Morgan fingerprint density at radius 3 is 2.64 bits per heavy atom. The van der Waals surface area contributed by atoms with E-state index in [0.29, 0.717) is 6.42 Å². The van der Waals surface area contributed by atoms with E-state index in [4.69, 9.17) is 9.73 Å². The van der Waals surface area contributed by atoms with Gasteiger partial charge in [0.05, 0.1) is 30.6 Å². The molecule has 0 saturated carbocycles. The molecule has 0 fully saturated rings. The summed E-state index contributed by atoms with van der Waals surface area (Å²) >= 11 is 0. The molecule has 0 bridgehead atoms. The largest absolute Gasteiger partial charge is 0.497 e. The smallest absolute Gasteiger partial charge is 0.132 e. The van der Waals surface area contributed by atoms with Crippen LogP contribution in [0.2, 0.25) is 0 Å². The van der Waals surface area contributed by atoms with Gasteiger partial charge in [0.1, 0.15) is 11.5 Å². The van der Waals surface area contributed by atoms with Crippen LogP contribution in [0.1, 0.15) is 24.5 Å². The lowest BCUT2D eigenvalue weighted by molar-refractivity contribution is -0.117. The molecule has 3 unspecified atom stereocenters. The number of rotatable bonds is 5. The molecule has 0 aromatic heterocycles. The normalized spacial score (nSPS) is 23.5. The van der Waals surface area contributed by atoms with E-state index < -0.39 is 0 Å². The van der Waals surface area contributed by atoms with Crippen molar-refractivity contribution in [2.45, 2.75) is 32.4 Å². The van der Waals surface area contributed by atoms with Crippen molar-refractivity contribution in [3.05, 3.63) is 107 Å². The van der Waals surface area contributed by atoms with Gasteiger partial charge >= 0.3 is 0 Å². The standard InChI is InChI=1S/C29H28N2O2/c1-19-8-7-9-21(14-19)28-18-27-25(17-22-16-24(33-3)12-13-26(22)30-27)29(15-20(2)32)31(28)23-10-5-4-6-11-23/h4-14,16-18,22,26,29H,15H2,1-3H3. The van der Waals surface area contributed by atoms with Gasteiger partial charge in [-0.1, -0.05) is 54.1 Å². The quantitative estimate of drug-likeness (QED) is 0.606. The van der Waals surface area contributed by atoms with Crippen LogP contribution in [0.5, 0.6) is 0 Å². The first-order chi connectivity index (χ1) is 16.0. The van der Waals surface area contributed by atoms with Crippen LogP contribution in [-0.4, -0.2) is 30.7 Å². The minimum Gasteiger partial charge on any atom is -0.497 e. The summed E-state index contributed by atoms with van der Waals surface area (Å²) in [4.78, 5) is 19.9. The highest BCUT2D eigenvalue weighted by molar-refractivity contribution is 6.18. The average molecular weight is 437 g/mol. The van der Waals surface area contributed by atoms with Crippen LogP contribution in [0.4, 0.5) is 5.69 Å². The Labute approximate surface area is 195 Å². The number of allylic oxidation sites excluding steroid dienone is 2. The van der Waals surface area contributed by atoms with Gasteiger partial charge in [-0.3, -0.25) is 9.79 Å². The Bertz CT molecular complexity index is 1230. The molecule has 0 radical (unpaired) electrons. The van der Waals surface area contributed by atoms with Crippen LogP contribution >= 0.6 is 0 Å². The van der Waals surface area contributed by atoms with Crippen molar-refractivity contribution in [3.8, 4) is 0 Å². The Morgan fingerprint density at radius 2 is 1.91 bits per heavy atom. The molecule has 2 aromatic carbocycles. The second-order valence-corrected chi connectivity index (χ2v) is 8.86. The number of aliphatic imine (C=N–C) groups is 1. The third-order valence-electron chi connectivity index (χ3n) is 6.43. The zero-order chi connectivity index (χ0) is 22.9. The molecule has 4 heteroatoms. The van der Waals surface area contributed by atoms with Crippen LogP contribution in [-0.2, 0) is 9.53 Å². The minimum absolute atomic E-state index is 0.0407. The predicted molar refractivity (Wildman–Crippen MR) is 134 cm³/mol. The maximum absolute atomic E-state index is 12.5. The van der Waals surface area contributed by atoms with E-state index in [1.54, 1.807) is 14.0 Å². The second-order valence-electron chi connectivity index (χ2n) is 8.86. The number of benzene rings is 2. The van der Waals surface area contributed by atoms with Crippen molar-refractivity contribution in [1.82, 2.24) is 0 Å². The second kappa shape index (κ2) is 8.70. The number of aryl methyl sites for hydroxylation is 1. The summed E-state index contributed by atoms with van der Waals surface area (Å²) < 4.78 is 5.46. The third kappa shape index (κ3) is 4.09. The van der Waals surface area contributed by atoms with Gasteiger partial charge in [-0.05, 0) is 61.4 Å². The number of carbonyl (C=O) groups excluding carboxylic acids is 1. The number of methoxy groups -OCH3 is 1. The van der Waals surface area contributed by atoms with Crippen molar-refractivity contribution in [3.63, 3.8) is 0 Å². The van der Waals surface area contributed by atoms with Gasteiger partial charge < -0.3 is 9.64 Å². The molecule has 2 aliphatic heterocycles. The molecular weight excluding hydrogens is 408 g/mol. The Kier molecular flexibility index (Phi) is 5.59. The summed E-state index contributed by atoms with van der Waals surface area (Å²) in [6.07, 6.45) is 11.1. The number of carbonyl (C=O) groups is 1. The van der Waals surface area contributed by atoms with Crippen molar-refractivity contribution in [1.29, 1.82) is 0 Å². The third-order valence-corrected chi connectivity index (χ3v) is 6.43. The molecule has 0 saturated heterocycles. The van der Waals surface area contributed by atoms with E-state index in [1.807, 2.05) is 24.3 Å². The Hall–Kier alpha value is -3.66. The van der Waals surface area contributed by atoms with Crippen LogP contribution in [0.15, 0.2) is 101 Å². The number of dihydropyridines is 1. The van der Waals surface area contributed by atoms with Gasteiger partial charge in [-0.25, -0.2) is 0 Å². The summed E-state index contributed by atoms with van der Waals surface area (Å²) in [7, 11) is 1.69. The zero-order valence-electron chi connectivity index (χ0n) is 19.2. The van der Waals surface area contributed by atoms with E-state index in [1.165, 1.54) is 5.56 Å². The molecule has 5 rings (SSSR count). The maximum atomic E-state index is 12.5. The summed E-state index contributed by atoms with van der Waals surface area (Å²) in [6, 6.07) is 18.8. The van der Waals surface area contributed by atoms with Gasteiger partial charge in [0, 0.05) is 18.0 Å². The van der Waals surface area contributed by atoms with Gasteiger partial charge in [0.2, 0.25) is 0 Å². The molecule has 3 aliphatic rings. The number of para-hydroxylation sites is 1. The number of fused-ring (bicyclic) bond motifs is 2. The van der Waals surface area contributed by atoms with Gasteiger partial charge in [-0.15, -0.1) is 0 Å². The fraction of sp³-hybridized carbons (Fsp3) is 0.241. The molecule has 1 aliphatic carbocycles. The summed E-state index contributed by atoms with van der Waals surface area (Å²) in [5, 5.41) is 0. The van der Waals surface area contributed by atoms with Crippen molar-refractivity contribution < 1.29 is 9.53 Å². The number of nitrogens with zero attached hydrogens (tertiary/aromatic N) is 2. The molecule has 2 heterocycles. The molecule has 0 spiro atoms. The fourth-order valence-electron chi connectivity index (χ4n) is 4.92. The minimum atomic E-state index is -0.129. The van der Waals surface area contributed by atoms with Gasteiger partial charge in [0.15, 0.2) is 0 Å². The van der Waals surface area contributed by atoms with E-state index in [2.05, 4.69) is 72.5 Å². The summed E-state index contributed by atoms with van der Waals surface area (Å²) in [6.45, 7) is 3.77. The first-order valence-corrected chi connectivity index (χ1v) is 11.4. The highest BCUT2D eigenvalue weighted by Crippen LogP contribution is 2.40. The van der Waals surface area contributed by atoms with Crippen molar-refractivity contribution in [2.24, 2.45) is 10.9 Å². The van der Waals surface area contributed by atoms with Crippen molar-refractivity contribution >= 4 is 22.9 Å². The van der Waals surface area contributed by atoms with E-state index in [9.17, 15) is 4.79 Å². The molecular formula is C29H28N2O2. The monoisotopic (exact) mass is 436 g/mol. The van der Waals surface area contributed by atoms with E-state index in [-0.39, 0.29) is 23.8 Å². The maximum Gasteiger partial charge on any atom is 0.132 e. The van der Waals surface area contributed by atoms with E-state index >= 15 is 0 Å². The number of Topliss-reactive ketones (excluding diaryl/α,β-unsaturated/α-hetero) is 1. The summed E-state index contributed by atoms with van der Waals surface area (Å²) in [5.74, 6) is 1.12. The predicted octanol–water partition coefficient (Wildman–Crippen LogP) is 5.67. The van der Waals surface area contributed by atoms with Crippen LogP contribution < -0.4 is 4.90 Å². The molecule has 33 heavy (non-hydrogen) atoms. The average Bonchev–Trinajstić information content (AvgIpc) is 2.82. The summed E-state index contributed by atoms with van der Waals surface area (Å²) in [5.41, 5.74) is 6.52. The lowest BCUT2D eigenvalue weighted by Crippen LogP contribution is -2.44. The molecule has 166 valence electrons. The van der Waals surface area contributed by atoms with Crippen LogP contribution in [0.3, 0.4) is 0 Å². The first-order valence-electron chi connectivity index (χ1n) is 11.4. The van der Waals surface area contributed by atoms with Crippen LogP contribution in [0.25, 0.3) is 5.70 Å². The first kappa shape index (κ1) is 21.2. The Morgan fingerprint density at radius 1 is 1.09 bits per heavy atom. The molecule has 2 aromatic rings. The van der Waals surface area contributed by atoms with Gasteiger partial charge in [0.25, 0.3) is 0 Å². The topological polar surface area (TPSA) is 41.9 Å². The Balaban J connectivity index is 1.71. The zero-order valence-corrected chi connectivity index (χ0v) is 19.2.